The molecular weight excluding hydrogens is 380 g/mol. The van der Waals surface area contributed by atoms with E-state index in [-0.39, 0.29) is 36.7 Å². The van der Waals surface area contributed by atoms with Gasteiger partial charge in [-0.05, 0) is 24.1 Å². The fourth-order valence-corrected chi connectivity index (χ4v) is 2.77. The average molecular weight is 403 g/mol. The lowest BCUT2D eigenvalue weighted by Gasteiger charge is -2.26. The molecule has 4 N–H and O–H groups in total. The summed E-state index contributed by atoms with van der Waals surface area (Å²) < 4.78 is 0. The molecule has 8 heteroatoms. The quantitative estimate of drug-likeness (QED) is 0.440. The Labute approximate surface area is 169 Å². The van der Waals surface area contributed by atoms with E-state index in [9.17, 15) is 14.7 Å². The minimum absolute atomic E-state index is 0. The number of carboxylic acid groups (broad SMARTS) is 1. The van der Waals surface area contributed by atoms with Crippen molar-refractivity contribution in [3.8, 4) is 0 Å². The molecule has 0 aliphatic carbocycles. The second-order valence-electron chi connectivity index (χ2n) is 6.41. The number of hydrogen-bond donors (Lipinski definition) is 4. The molecule has 3 rings (SSSR count). The fourth-order valence-electron chi connectivity index (χ4n) is 2.77. The lowest BCUT2D eigenvalue weighted by Crippen LogP contribution is -2.52. The summed E-state index contributed by atoms with van der Waals surface area (Å²) in [5.41, 5.74) is 2.21. The SMILES string of the molecule is Cl.N=C(c1ccc(CNC(=O)[C@@H]2CCN2)cc1)N(Cc1ccccc1)C(=O)O. The third-order valence-electron chi connectivity index (χ3n) is 4.52. The summed E-state index contributed by atoms with van der Waals surface area (Å²) >= 11 is 0. The van der Waals surface area contributed by atoms with Crippen molar-refractivity contribution in [1.29, 1.82) is 5.41 Å². The van der Waals surface area contributed by atoms with Crippen molar-refractivity contribution in [1.82, 2.24) is 15.5 Å². The molecule has 0 unspecified atom stereocenters. The van der Waals surface area contributed by atoms with Crippen LogP contribution in [0.25, 0.3) is 0 Å². The maximum absolute atomic E-state index is 11.8. The van der Waals surface area contributed by atoms with Crippen molar-refractivity contribution >= 4 is 30.2 Å². The van der Waals surface area contributed by atoms with Crippen LogP contribution in [0.3, 0.4) is 0 Å². The average Bonchev–Trinajstić information content (AvgIpc) is 2.63. The Kier molecular flexibility index (Phi) is 7.54. The van der Waals surface area contributed by atoms with Crippen LogP contribution in [0.2, 0.25) is 0 Å². The van der Waals surface area contributed by atoms with Crippen LogP contribution in [0.4, 0.5) is 4.79 Å². The summed E-state index contributed by atoms with van der Waals surface area (Å²) in [6.45, 7) is 1.39. The molecule has 1 aliphatic rings. The molecule has 28 heavy (non-hydrogen) atoms. The van der Waals surface area contributed by atoms with Crippen LogP contribution in [0.15, 0.2) is 54.6 Å². The van der Waals surface area contributed by atoms with E-state index in [0.717, 1.165) is 29.0 Å². The molecule has 0 bridgehead atoms. The topological polar surface area (TPSA) is 106 Å². The third kappa shape index (κ3) is 5.31. The second kappa shape index (κ2) is 9.87. The summed E-state index contributed by atoms with van der Waals surface area (Å²) in [5.74, 6) is -0.0985. The van der Waals surface area contributed by atoms with Crippen molar-refractivity contribution in [3.05, 3.63) is 71.3 Å². The predicted octanol–water partition coefficient (Wildman–Crippen LogP) is 2.59. The van der Waals surface area contributed by atoms with Crippen molar-refractivity contribution in [2.45, 2.75) is 25.6 Å². The number of amidine groups is 1. The first-order valence-electron chi connectivity index (χ1n) is 8.78. The van der Waals surface area contributed by atoms with E-state index >= 15 is 0 Å². The van der Waals surface area contributed by atoms with Crippen LogP contribution in [0.1, 0.15) is 23.1 Å². The summed E-state index contributed by atoms with van der Waals surface area (Å²) in [4.78, 5) is 24.4. The smallest absolute Gasteiger partial charge is 0.413 e. The molecule has 0 aromatic heterocycles. The lowest BCUT2D eigenvalue weighted by atomic mass is 10.1. The normalized spacial score (nSPS) is 14.9. The van der Waals surface area contributed by atoms with Gasteiger partial charge in [-0.3, -0.25) is 15.1 Å². The first-order chi connectivity index (χ1) is 13.0. The first kappa shape index (κ1) is 21.4. The minimum Gasteiger partial charge on any atom is -0.465 e. The minimum atomic E-state index is -1.17. The molecule has 0 saturated carbocycles. The number of halogens is 1. The number of nitrogens with one attached hydrogen (secondary N) is 3. The zero-order chi connectivity index (χ0) is 19.2. The number of carbonyl (C=O) groups is 2. The maximum Gasteiger partial charge on any atom is 0.413 e. The number of rotatable bonds is 6. The maximum atomic E-state index is 11.8. The summed E-state index contributed by atoms with van der Waals surface area (Å²) in [6.07, 6.45) is -0.317. The highest BCUT2D eigenvalue weighted by atomic mass is 35.5. The standard InChI is InChI=1S/C20H22N4O3.ClH/c21-18(24(20(26)27)13-15-4-2-1-3-5-15)16-8-6-14(7-9-16)12-23-19(25)17-10-11-22-17;/h1-9,17,21-22H,10-13H2,(H,23,25)(H,26,27);1H/t17-;/m0./s1. The van der Waals surface area contributed by atoms with Gasteiger partial charge in [0.25, 0.3) is 0 Å². The van der Waals surface area contributed by atoms with Gasteiger partial charge in [-0.2, -0.15) is 0 Å². The van der Waals surface area contributed by atoms with Gasteiger partial charge in [0.1, 0.15) is 5.84 Å². The highest BCUT2D eigenvalue weighted by Crippen LogP contribution is 2.12. The van der Waals surface area contributed by atoms with Crippen molar-refractivity contribution in [2.75, 3.05) is 6.54 Å². The Hall–Kier alpha value is -2.90. The van der Waals surface area contributed by atoms with Gasteiger partial charge in [0, 0.05) is 12.1 Å². The number of benzene rings is 2. The van der Waals surface area contributed by atoms with E-state index in [1.165, 1.54) is 0 Å². The summed E-state index contributed by atoms with van der Waals surface area (Å²) in [7, 11) is 0. The molecule has 1 atom stereocenters. The third-order valence-corrected chi connectivity index (χ3v) is 4.52. The molecule has 2 aromatic carbocycles. The number of hydrogen-bond acceptors (Lipinski definition) is 4. The Morgan fingerprint density at radius 3 is 2.29 bits per heavy atom. The van der Waals surface area contributed by atoms with Gasteiger partial charge in [-0.15, -0.1) is 12.4 Å². The second-order valence-corrected chi connectivity index (χ2v) is 6.41. The number of nitrogens with zero attached hydrogens (tertiary/aromatic N) is 1. The van der Waals surface area contributed by atoms with E-state index in [0.29, 0.717) is 12.1 Å². The van der Waals surface area contributed by atoms with Crippen LogP contribution < -0.4 is 10.6 Å². The summed E-state index contributed by atoms with van der Waals surface area (Å²) in [6, 6.07) is 16.1. The lowest BCUT2D eigenvalue weighted by molar-refractivity contribution is -0.124. The van der Waals surface area contributed by atoms with Crippen LogP contribution in [-0.2, 0) is 17.9 Å². The van der Waals surface area contributed by atoms with Gasteiger partial charge in [0.15, 0.2) is 0 Å². The van der Waals surface area contributed by atoms with E-state index in [4.69, 9.17) is 5.41 Å². The molecule has 2 amide bonds. The van der Waals surface area contributed by atoms with E-state index in [2.05, 4.69) is 10.6 Å². The Morgan fingerprint density at radius 2 is 1.75 bits per heavy atom. The molecule has 7 nitrogen and oxygen atoms in total. The molecule has 2 aromatic rings. The van der Waals surface area contributed by atoms with Gasteiger partial charge >= 0.3 is 6.09 Å². The van der Waals surface area contributed by atoms with Crippen LogP contribution in [0, 0.1) is 5.41 Å². The number of amides is 2. The molecule has 0 spiro atoms. The molecule has 1 saturated heterocycles. The molecule has 0 radical (unpaired) electrons. The fraction of sp³-hybridized carbons (Fsp3) is 0.250. The first-order valence-corrected chi connectivity index (χ1v) is 8.78. The zero-order valence-electron chi connectivity index (χ0n) is 15.2. The van der Waals surface area contributed by atoms with Gasteiger partial charge in [-0.25, -0.2) is 4.79 Å². The molecular formula is C20H23ClN4O3. The predicted molar refractivity (Wildman–Crippen MR) is 109 cm³/mol. The highest BCUT2D eigenvalue weighted by Gasteiger charge is 2.24. The van der Waals surface area contributed by atoms with Crippen molar-refractivity contribution in [2.24, 2.45) is 0 Å². The van der Waals surface area contributed by atoms with Crippen molar-refractivity contribution in [3.63, 3.8) is 0 Å². The summed E-state index contributed by atoms with van der Waals surface area (Å²) in [5, 5.41) is 23.7. The van der Waals surface area contributed by atoms with Crippen LogP contribution >= 0.6 is 12.4 Å². The van der Waals surface area contributed by atoms with E-state index in [1.54, 1.807) is 24.3 Å². The van der Waals surface area contributed by atoms with Crippen LogP contribution in [-0.4, -0.2) is 40.4 Å². The van der Waals surface area contributed by atoms with Gasteiger partial charge in [0.05, 0.1) is 12.6 Å². The van der Waals surface area contributed by atoms with Gasteiger partial charge < -0.3 is 15.7 Å². The Bertz CT molecular complexity index is 823. The molecule has 148 valence electrons. The molecule has 1 fully saturated rings. The van der Waals surface area contributed by atoms with E-state index < -0.39 is 6.09 Å². The van der Waals surface area contributed by atoms with Gasteiger partial charge in [0.2, 0.25) is 5.91 Å². The van der Waals surface area contributed by atoms with Crippen molar-refractivity contribution < 1.29 is 14.7 Å². The largest absolute Gasteiger partial charge is 0.465 e. The monoisotopic (exact) mass is 402 g/mol. The Balaban J connectivity index is 0.00000280. The Morgan fingerprint density at radius 1 is 1.11 bits per heavy atom. The highest BCUT2D eigenvalue weighted by molar-refractivity contribution is 6.04. The molecule has 1 aliphatic heterocycles. The zero-order valence-corrected chi connectivity index (χ0v) is 16.0. The van der Waals surface area contributed by atoms with Gasteiger partial charge in [-0.1, -0.05) is 54.6 Å². The van der Waals surface area contributed by atoms with E-state index in [1.807, 2.05) is 30.3 Å². The molecule has 1 heterocycles. The van der Waals surface area contributed by atoms with Crippen LogP contribution in [0.5, 0.6) is 0 Å². The number of carbonyl (C=O) groups excluding carboxylic acids is 1.